The minimum Gasteiger partial charge on any atom is -0.497 e. The SMILES string of the molecule is COc1cc(N)c(OCc2ccc(OC(F)(F)F)cc2)c(COc2c(Cl)cc(CC(N)C(=O)O)cc2Cl)c1. The molecule has 0 spiro atoms. The van der Waals surface area contributed by atoms with Crippen LogP contribution in [0.1, 0.15) is 16.7 Å². The molecule has 0 heterocycles. The third-order valence-corrected chi connectivity index (χ3v) is 5.71. The summed E-state index contributed by atoms with van der Waals surface area (Å²) in [5.41, 5.74) is 13.5. The molecule has 3 aromatic carbocycles. The van der Waals surface area contributed by atoms with Crippen LogP contribution in [0.5, 0.6) is 23.0 Å². The summed E-state index contributed by atoms with van der Waals surface area (Å²) < 4.78 is 58.0. The summed E-state index contributed by atoms with van der Waals surface area (Å²) in [6.45, 7) is -0.113. The summed E-state index contributed by atoms with van der Waals surface area (Å²) in [5, 5.41) is 9.30. The first-order chi connectivity index (χ1) is 17.9. The van der Waals surface area contributed by atoms with Crippen LogP contribution in [0.25, 0.3) is 0 Å². The molecular weight excluding hydrogens is 552 g/mol. The fourth-order valence-corrected chi connectivity index (χ4v) is 4.03. The minimum absolute atomic E-state index is 0.0166. The second kappa shape index (κ2) is 12.3. The summed E-state index contributed by atoms with van der Waals surface area (Å²) >= 11 is 12.7. The lowest BCUT2D eigenvalue weighted by atomic mass is 10.1. The first kappa shape index (κ1) is 29.0. The average Bonchev–Trinajstić information content (AvgIpc) is 2.82. The van der Waals surface area contributed by atoms with Gasteiger partial charge in [0.15, 0.2) is 5.75 Å². The number of halogens is 5. The molecule has 1 atom stereocenters. The maximum atomic E-state index is 12.4. The first-order valence-corrected chi connectivity index (χ1v) is 11.6. The zero-order valence-electron chi connectivity index (χ0n) is 19.9. The van der Waals surface area contributed by atoms with Crippen LogP contribution in [0.2, 0.25) is 10.0 Å². The number of rotatable bonds is 11. The highest BCUT2D eigenvalue weighted by Gasteiger charge is 2.31. The van der Waals surface area contributed by atoms with Gasteiger partial charge in [0.1, 0.15) is 36.5 Å². The van der Waals surface area contributed by atoms with Gasteiger partial charge in [-0.2, -0.15) is 0 Å². The van der Waals surface area contributed by atoms with E-state index in [1.807, 2.05) is 0 Å². The lowest BCUT2D eigenvalue weighted by Crippen LogP contribution is -2.32. The molecule has 0 bridgehead atoms. The van der Waals surface area contributed by atoms with E-state index in [-0.39, 0.29) is 52.6 Å². The Bertz CT molecular complexity index is 1270. The zero-order chi connectivity index (χ0) is 28.0. The molecule has 0 aromatic heterocycles. The highest BCUT2D eigenvalue weighted by molar-refractivity contribution is 6.37. The first-order valence-electron chi connectivity index (χ1n) is 10.9. The average molecular weight is 575 g/mol. The number of nitrogens with two attached hydrogens (primary N) is 2. The number of benzene rings is 3. The van der Waals surface area contributed by atoms with E-state index < -0.39 is 18.4 Å². The minimum atomic E-state index is -4.79. The molecule has 0 radical (unpaired) electrons. The monoisotopic (exact) mass is 574 g/mol. The van der Waals surface area contributed by atoms with Crippen LogP contribution < -0.4 is 30.4 Å². The number of ether oxygens (including phenoxy) is 4. The van der Waals surface area contributed by atoms with Crippen LogP contribution in [0.4, 0.5) is 18.9 Å². The third kappa shape index (κ3) is 7.98. The predicted molar refractivity (Wildman–Crippen MR) is 135 cm³/mol. The molecule has 3 aromatic rings. The van der Waals surface area contributed by atoms with Gasteiger partial charge in [-0.15, -0.1) is 13.2 Å². The molecule has 0 amide bonds. The van der Waals surface area contributed by atoms with Crippen LogP contribution in [0.3, 0.4) is 0 Å². The molecular formula is C25H23Cl2F3N2O6. The topological polar surface area (TPSA) is 126 Å². The lowest BCUT2D eigenvalue weighted by molar-refractivity contribution is -0.274. The van der Waals surface area contributed by atoms with Crippen molar-refractivity contribution in [1.29, 1.82) is 0 Å². The molecule has 0 aliphatic heterocycles. The molecule has 5 N–H and O–H groups in total. The Hall–Kier alpha value is -3.54. The molecule has 38 heavy (non-hydrogen) atoms. The lowest BCUT2D eigenvalue weighted by Gasteiger charge is -2.18. The van der Waals surface area contributed by atoms with Gasteiger partial charge in [0.25, 0.3) is 0 Å². The molecule has 1 unspecified atom stereocenters. The summed E-state index contributed by atoms with van der Waals surface area (Å²) in [5.74, 6) is -0.682. The predicted octanol–water partition coefficient (Wildman–Crippen LogP) is 5.60. The van der Waals surface area contributed by atoms with Crippen molar-refractivity contribution in [2.24, 2.45) is 5.73 Å². The maximum Gasteiger partial charge on any atom is 0.573 e. The second-order valence-corrected chi connectivity index (χ2v) is 8.83. The van der Waals surface area contributed by atoms with Gasteiger partial charge in [-0.25, -0.2) is 0 Å². The number of hydrogen-bond donors (Lipinski definition) is 3. The fourth-order valence-electron chi connectivity index (χ4n) is 3.39. The van der Waals surface area contributed by atoms with Crippen LogP contribution >= 0.6 is 23.2 Å². The van der Waals surface area contributed by atoms with Gasteiger partial charge in [0.05, 0.1) is 22.8 Å². The molecule has 8 nitrogen and oxygen atoms in total. The summed E-state index contributed by atoms with van der Waals surface area (Å²) in [6.07, 6.45) is -4.77. The zero-order valence-corrected chi connectivity index (χ0v) is 21.4. The molecule has 0 aliphatic carbocycles. The van der Waals surface area contributed by atoms with Crippen molar-refractivity contribution in [3.8, 4) is 23.0 Å². The Labute approximate surface area is 225 Å². The van der Waals surface area contributed by atoms with Gasteiger partial charge in [-0.05, 0) is 47.9 Å². The van der Waals surface area contributed by atoms with Crippen LogP contribution in [-0.2, 0) is 24.4 Å². The summed E-state index contributed by atoms with van der Waals surface area (Å²) in [7, 11) is 1.46. The number of alkyl halides is 3. The Morgan fingerprint density at radius 2 is 1.55 bits per heavy atom. The van der Waals surface area contributed by atoms with Crippen molar-refractivity contribution in [2.45, 2.75) is 32.0 Å². The molecule has 0 aliphatic rings. The van der Waals surface area contributed by atoms with Crippen molar-refractivity contribution in [1.82, 2.24) is 0 Å². The van der Waals surface area contributed by atoms with Gasteiger partial charge in [0.2, 0.25) is 0 Å². The van der Waals surface area contributed by atoms with E-state index in [0.29, 0.717) is 22.4 Å². The molecule has 204 valence electrons. The number of carbonyl (C=O) groups is 1. The Kier molecular flexibility index (Phi) is 9.42. The van der Waals surface area contributed by atoms with Crippen LogP contribution in [0.15, 0.2) is 48.5 Å². The maximum absolute atomic E-state index is 12.4. The smallest absolute Gasteiger partial charge is 0.497 e. The van der Waals surface area contributed by atoms with Crippen molar-refractivity contribution in [3.05, 3.63) is 75.3 Å². The molecule has 3 rings (SSSR count). The number of hydrogen-bond acceptors (Lipinski definition) is 7. The molecule has 0 fully saturated rings. The third-order valence-electron chi connectivity index (χ3n) is 5.15. The summed E-state index contributed by atoms with van der Waals surface area (Å²) in [4.78, 5) is 11.0. The van der Waals surface area contributed by atoms with Crippen molar-refractivity contribution < 1.29 is 42.0 Å². The Balaban J connectivity index is 1.77. The molecule has 0 saturated carbocycles. The van der Waals surface area contributed by atoms with Gasteiger partial charge < -0.3 is 35.5 Å². The Morgan fingerprint density at radius 1 is 0.947 bits per heavy atom. The normalized spacial score (nSPS) is 12.1. The van der Waals surface area contributed by atoms with E-state index in [1.165, 1.54) is 43.5 Å². The number of anilines is 1. The van der Waals surface area contributed by atoms with E-state index in [4.69, 9.17) is 54.0 Å². The number of carboxylic acids is 1. The number of nitrogen functional groups attached to an aromatic ring is 1. The second-order valence-electron chi connectivity index (χ2n) is 8.01. The quantitative estimate of drug-likeness (QED) is 0.253. The van der Waals surface area contributed by atoms with Gasteiger partial charge >= 0.3 is 12.3 Å². The van der Waals surface area contributed by atoms with Gasteiger partial charge in [0, 0.05) is 11.6 Å². The highest BCUT2D eigenvalue weighted by atomic mass is 35.5. The Morgan fingerprint density at radius 3 is 2.11 bits per heavy atom. The highest BCUT2D eigenvalue weighted by Crippen LogP contribution is 2.38. The van der Waals surface area contributed by atoms with Crippen LogP contribution in [0, 0.1) is 0 Å². The van der Waals surface area contributed by atoms with E-state index in [9.17, 15) is 18.0 Å². The van der Waals surface area contributed by atoms with E-state index >= 15 is 0 Å². The van der Waals surface area contributed by atoms with Crippen molar-refractivity contribution in [3.63, 3.8) is 0 Å². The standard InChI is InChI=1S/C25H23Cl2F3N2O6/c1-35-17-9-15(12-37-23-18(26)6-14(7-19(23)27)8-21(32)24(33)34)22(20(31)10-17)36-11-13-2-4-16(5-3-13)38-25(28,29)30/h2-7,9-10,21H,8,11-12,31-32H2,1H3,(H,33,34). The van der Waals surface area contributed by atoms with E-state index in [2.05, 4.69) is 4.74 Å². The van der Waals surface area contributed by atoms with Crippen molar-refractivity contribution in [2.75, 3.05) is 12.8 Å². The van der Waals surface area contributed by atoms with Gasteiger partial charge in [-0.3, -0.25) is 4.79 Å². The molecule has 0 saturated heterocycles. The van der Waals surface area contributed by atoms with Gasteiger partial charge in [-0.1, -0.05) is 35.3 Å². The summed E-state index contributed by atoms with van der Waals surface area (Å²) in [6, 6.07) is 10.3. The largest absolute Gasteiger partial charge is 0.573 e. The van der Waals surface area contributed by atoms with Crippen LogP contribution in [-0.4, -0.2) is 30.6 Å². The van der Waals surface area contributed by atoms with Crippen molar-refractivity contribution >= 4 is 34.9 Å². The number of aliphatic carboxylic acids is 1. The fraction of sp³-hybridized carbons (Fsp3) is 0.240. The number of carboxylic acid groups (broad SMARTS) is 1. The van der Waals surface area contributed by atoms with E-state index in [1.54, 1.807) is 12.1 Å². The molecule has 13 heteroatoms. The van der Waals surface area contributed by atoms with E-state index in [0.717, 1.165) is 0 Å². The number of methoxy groups -OCH3 is 1.